The van der Waals surface area contributed by atoms with Crippen LogP contribution >= 0.6 is 0 Å². The van der Waals surface area contributed by atoms with E-state index < -0.39 is 22.5 Å². The van der Waals surface area contributed by atoms with Gasteiger partial charge in [-0.15, -0.1) is 0 Å². The molecule has 0 aliphatic carbocycles. The van der Waals surface area contributed by atoms with E-state index in [1.165, 1.54) is 0 Å². The molecule has 0 aliphatic heterocycles. The molecule has 0 saturated heterocycles. The van der Waals surface area contributed by atoms with Gasteiger partial charge < -0.3 is 11.3 Å². The summed E-state index contributed by atoms with van der Waals surface area (Å²) in [5.41, 5.74) is 0. The van der Waals surface area contributed by atoms with Crippen LogP contribution in [0.25, 0.3) is 0 Å². The summed E-state index contributed by atoms with van der Waals surface area (Å²) < 4.78 is 31.2. The van der Waals surface area contributed by atoms with Crippen molar-refractivity contribution in [2.75, 3.05) is 0 Å². The normalized spacial score (nSPS) is 13.3. The van der Waals surface area contributed by atoms with E-state index in [-0.39, 0.29) is 6.15 Å². The van der Waals surface area contributed by atoms with Gasteiger partial charge in [-0.05, 0) is 6.92 Å². The average Bonchev–Trinajstić information content (AvgIpc) is 1.60. The molecule has 0 spiro atoms. The summed E-state index contributed by atoms with van der Waals surface area (Å²) >= 11 is 0. The Kier molecular flexibility index (Phi) is 4.98. The number of hydrogen-bond donors (Lipinski definition) is 3. The quantitative estimate of drug-likeness (QED) is 0.503. The highest BCUT2D eigenvalue weighted by atomic mass is 32.3. The number of aliphatic carboxylic acids is 1. The molecule has 0 aromatic heterocycles. The summed E-state index contributed by atoms with van der Waals surface area (Å²) in [4.78, 5) is 9.88. The van der Waals surface area contributed by atoms with Crippen LogP contribution in [0, 0.1) is 0 Å². The Bertz CT molecular complexity index is 220. The highest BCUT2D eigenvalue weighted by Crippen LogP contribution is 1.95. The maximum atomic E-state index is 9.88. The van der Waals surface area contributed by atoms with Crippen LogP contribution in [0.5, 0.6) is 0 Å². The molecule has 0 fully saturated rings. The van der Waals surface area contributed by atoms with Gasteiger partial charge in [0.05, 0.1) is 0 Å². The lowest BCUT2D eigenvalue weighted by Crippen LogP contribution is -2.23. The smallest absolute Gasteiger partial charge is 0.398 e. The lowest BCUT2D eigenvalue weighted by atomic mass is 10.4. The standard InChI is InChI=1S/C3H6O6S.H3N/c1-2(3(4)5)9-10(6,7)8;/h2H,1H3,(H,4,5)(H,6,7,8);1H3. The zero-order chi connectivity index (χ0) is 8.36. The van der Waals surface area contributed by atoms with Crippen molar-refractivity contribution in [3.05, 3.63) is 0 Å². The molecule has 0 radical (unpaired) electrons. The molecule has 0 aromatic rings. The number of carbonyl (C=O) groups is 1. The summed E-state index contributed by atoms with van der Waals surface area (Å²) in [5, 5.41) is 8.04. The van der Waals surface area contributed by atoms with Crippen molar-refractivity contribution in [1.82, 2.24) is 6.15 Å². The molecule has 0 rings (SSSR count). The van der Waals surface area contributed by atoms with Crippen LogP contribution < -0.4 is 6.15 Å². The second-order valence-electron chi connectivity index (χ2n) is 1.50. The Labute approximate surface area is 63.5 Å². The van der Waals surface area contributed by atoms with E-state index in [0.717, 1.165) is 6.92 Å². The molecule has 1 unspecified atom stereocenters. The van der Waals surface area contributed by atoms with Crippen molar-refractivity contribution in [3.63, 3.8) is 0 Å². The molecule has 7 nitrogen and oxygen atoms in total. The van der Waals surface area contributed by atoms with Crippen LogP contribution in [0.2, 0.25) is 0 Å². The van der Waals surface area contributed by atoms with E-state index in [2.05, 4.69) is 4.18 Å². The third kappa shape index (κ3) is 7.19. The molecular weight excluding hydrogens is 178 g/mol. The van der Waals surface area contributed by atoms with Crippen molar-refractivity contribution < 1.29 is 27.1 Å². The average molecular weight is 187 g/mol. The van der Waals surface area contributed by atoms with E-state index in [0.29, 0.717) is 0 Å². The summed E-state index contributed by atoms with van der Waals surface area (Å²) in [6, 6.07) is 0. The fourth-order valence-corrected chi connectivity index (χ4v) is 0.671. The van der Waals surface area contributed by atoms with Gasteiger partial charge in [-0.1, -0.05) is 0 Å². The van der Waals surface area contributed by atoms with Gasteiger partial charge in [-0.25, -0.2) is 8.98 Å². The number of carboxylic acid groups (broad SMARTS) is 1. The van der Waals surface area contributed by atoms with Crippen molar-refractivity contribution in [3.8, 4) is 0 Å². The minimum absolute atomic E-state index is 0. The van der Waals surface area contributed by atoms with Gasteiger partial charge in [0, 0.05) is 0 Å². The van der Waals surface area contributed by atoms with Crippen LogP contribution in [0.4, 0.5) is 0 Å². The third-order valence-electron chi connectivity index (χ3n) is 0.614. The van der Waals surface area contributed by atoms with Crippen molar-refractivity contribution >= 4 is 16.4 Å². The maximum Gasteiger partial charge on any atom is 0.398 e. The first kappa shape index (κ1) is 12.9. The molecule has 8 heteroatoms. The summed E-state index contributed by atoms with van der Waals surface area (Å²) in [5.74, 6) is -1.46. The van der Waals surface area contributed by atoms with Crippen molar-refractivity contribution in [1.29, 1.82) is 0 Å². The molecule has 0 bridgehead atoms. The lowest BCUT2D eigenvalue weighted by Gasteiger charge is -2.02. The molecule has 0 amide bonds. The Hall–Kier alpha value is -0.700. The van der Waals surface area contributed by atoms with Gasteiger partial charge >= 0.3 is 16.4 Å². The Morgan fingerprint density at radius 1 is 1.55 bits per heavy atom. The van der Waals surface area contributed by atoms with Crippen molar-refractivity contribution in [2.45, 2.75) is 13.0 Å². The van der Waals surface area contributed by atoms with Gasteiger partial charge in [-0.3, -0.25) is 4.55 Å². The first-order valence-electron chi connectivity index (χ1n) is 2.21. The summed E-state index contributed by atoms with van der Waals surface area (Å²) in [6.07, 6.45) is -1.56. The third-order valence-corrected chi connectivity index (χ3v) is 1.15. The molecule has 11 heavy (non-hydrogen) atoms. The molecule has 0 heterocycles. The molecule has 5 N–H and O–H groups in total. The van der Waals surface area contributed by atoms with Crippen LogP contribution in [-0.4, -0.2) is 30.2 Å². The Balaban J connectivity index is 0. The number of carboxylic acids is 1. The number of rotatable bonds is 3. The second-order valence-corrected chi connectivity index (χ2v) is 2.55. The van der Waals surface area contributed by atoms with Gasteiger partial charge in [0.2, 0.25) is 0 Å². The molecule has 1 atom stereocenters. The Morgan fingerprint density at radius 3 is 2.00 bits per heavy atom. The number of hydrogen-bond acceptors (Lipinski definition) is 5. The fourth-order valence-electron chi connectivity index (χ4n) is 0.224. The van der Waals surface area contributed by atoms with E-state index in [9.17, 15) is 13.2 Å². The van der Waals surface area contributed by atoms with E-state index in [1.54, 1.807) is 0 Å². The molecular formula is C3H9NO6S. The first-order valence-corrected chi connectivity index (χ1v) is 3.58. The summed E-state index contributed by atoms with van der Waals surface area (Å²) in [7, 11) is -4.65. The second kappa shape index (κ2) is 4.23. The SMILES string of the molecule is CC(OS(=O)(=O)O)C(=O)O.N. The van der Waals surface area contributed by atoms with Crippen LogP contribution in [0.3, 0.4) is 0 Å². The van der Waals surface area contributed by atoms with E-state index >= 15 is 0 Å². The maximum absolute atomic E-state index is 9.88. The fraction of sp³-hybridized carbons (Fsp3) is 0.667. The minimum atomic E-state index is -4.65. The predicted octanol–water partition coefficient (Wildman–Crippen LogP) is -0.559. The highest BCUT2D eigenvalue weighted by Gasteiger charge is 2.18. The largest absolute Gasteiger partial charge is 0.479 e. The predicted molar refractivity (Wildman–Crippen MR) is 34.8 cm³/mol. The topological polar surface area (TPSA) is 136 Å². The van der Waals surface area contributed by atoms with Crippen LogP contribution in [-0.2, 0) is 19.4 Å². The van der Waals surface area contributed by atoms with E-state index in [1.807, 2.05) is 0 Å². The van der Waals surface area contributed by atoms with Gasteiger partial charge in [0.15, 0.2) is 6.10 Å². The van der Waals surface area contributed by atoms with E-state index in [4.69, 9.17) is 9.66 Å². The van der Waals surface area contributed by atoms with Crippen LogP contribution in [0.1, 0.15) is 6.92 Å². The lowest BCUT2D eigenvalue weighted by molar-refractivity contribution is -0.144. The molecule has 0 saturated carbocycles. The molecule has 0 aromatic carbocycles. The molecule has 68 valence electrons. The minimum Gasteiger partial charge on any atom is -0.479 e. The zero-order valence-electron chi connectivity index (χ0n) is 5.72. The van der Waals surface area contributed by atoms with Crippen molar-refractivity contribution in [2.24, 2.45) is 0 Å². The van der Waals surface area contributed by atoms with Gasteiger partial charge in [0.1, 0.15) is 0 Å². The van der Waals surface area contributed by atoms with Gasteiger partial charge in [0.25, 0.3) is 0 Å². The highest BCUT2D eigenvalue weighted by molar-refractivity contribution is 7.80. The zero-order valence-corrected chi connectivity index (χ0v) is 6.54. The Morgan fingerprint density at radius 2 is 1.91 bits per heavy atom. The molecule has 0 aliphatic rings. The van der Waals surface area contributed by atoms with Gasteiger partial charge in [-0.2, -0.15) is 8.42 Å². The van der Waals surface area contributed by atoms with Crippen LogP contribution in [0.15, 0.2) is 0 Å². The summed E-state index contributed by atoms with van der Waals surface area (Å²) in [6.45, 7) is 0.982. The monoisotopic (exact) mass is 187 g/mol. The first-order chi connectivity index (χ1) is 4.33.